The van der Waals surface area contributed by atoms with Crippen molar-refractivity contribution >= 4 is 16.8 Å². The number of rotatable bonds is 2. The van der Waals surface area contributed by atoms with Gasteiger partial charge in [-0.15, -0.1) is 0 Å². The van der Waals surface area contributed by atoms with Gasteiger partial charge >= 0.3 is 0 Å². The number of benzene rings is 1. The molecule has 1 amide bonds. The van der Waals surface area contributed by atoms with Crippen LogP contribution in [-0.4, -0.2) is 33.9 Å². The monoisotopic (exact) mass is 269 g/mol. The van der Waals surface area contributed by atoms with Crippen LogP contribution in [0.2, 0.25) is 0 Å². The molecule has 0 saturated carbocycles. The zero-order valence-electron chi connectivity index (χ0n) is 11.0. The number of hydrogen-bond acceptors (Lipinski definition) is 3. The fraction of sp³-hybridized carbons (Fsp3) is 0.267. The molecule has 1 aliphatic heterocycles. The molecule has 5 nitrogen and oxygen atoms in total. The number of fused-ring (bicyclic) bond motifs is 1. The molecule has 1 unspecified atom stereocenters. The van der Waals surface area contributed by atoms with Crippen LogP contribution in [0.3, 0.4) is 0 Å². The highest BCUT2D eigenvalue weighted by Gasteiger charge is 2.27. The smallest absolute Gasteiger partial charge is 0.258 e. The maximum atomic E-state index is 12.0. The number of aromatic amines is 1. The standard InChI is InChI=1S/C15H15N3O2/c1-2-13(19)18-8-7-10(9-18)14-16-12-6-4-3-5-11(12)15(20)17-14/h2-6,10H,1,7-9H2,(H,16,17,20). The van der Waals surface area contributed by atoms with Crippen molar-refractivity contribution < 1.29 is 4.79 Å². The molecule has 1 aromatic heterocycles. The van der Waals surface area contributed by atoms with Gasteiger partial charge in [-0.2, -0.15) is 0 Å². The van der Waals surface area contributed by atoms with E-state index in [1.807, 2.05) is 18.2 Å². The Balaban J connectivity index is 1.94. The van der Waals surface area contributed by atoms with E-state index in [1.165, 1.54) is 6.08 Å². The summed E-state index contributed by atoms with van der Waals surface area (Å²) in [5, 5.41) is 0.591. The third kappa shape index (κ3) is 2.11. The first-order chi connectivity index (χ1) is 9.69. The highest BCUT2D eigenvalue weighted by molar-refractivity contribution is 5.87. The fourth-order valence-electron chi connectivity index (χ4n) is 2.61. The van der Waals surface area contributed by atoms with E-state index in [0.29, 0.717) is 29.8 Å². The van der Waals surface area contributed by atoms with Crippen LogP contribution in [0.4, 0.5) is 0 Å². The zero-order valence-corrected chi connectivity index (χ0v) is 11.0. The largest absolute Gasteiger partial charge is 0.338 e. The Bertz CT molecular complexity index is 735. The van der Waals surface area contributed by atoms with E-state index < -0.39 is 0 Å². The second-order valence-corrected chi connectivity index (χ2v) is 4.94. The predicted molar refractivity (Wildman–Crippen MR) is 76.5 cm³/mol. The van der Waals surface area contributed by atoms with Gasteiger partial charge < -0.3 is 9.88 Å². The minimum atomic E-state index is -0.126. The van der Waals surface area contributed by atoms with Gasteiger partial charge in [0.25, 0.3) is 5.56 Å². The Kier molecular flexibility index (Phi) is 3.10. The van der Waals surface area contributed by atoms with Crippen molar-refractivity contribution in [2.75, 3.05) is 13.1 Å². The molecule has 2 aromatic rings. The Morgan fingerprint density at radius 2 is 2.25 bits per heavy atom. The number of carbonyl (C=O) groups is 1. The lowest BCUT2D eigenvalue weighted by Gasteiger charge is -2.14. The summed E-state index contributed by atoms with van der Waals surface area (Å²) < 4.78 is 0. The summed E-state index contributed by atoms with van der Waals surface area (Å²) in [4.78, 5) is 32.7. The van der Waals surface area contributed by atoms with E-state index in [2.05, 4.69) is 16.5 Å². The summed E-state index contributed by atoms with van der Waals surface area (Å²) in [5.74, 6) is 0.667. The van der Waals surface area contributed by atoms with Crippen molar-refractivity contribution in [3.05, 3.63) is 53.1 Å². The first-order valence-corrected chi connectivity index (χ1v) is 6.59. The maximum Gasteiger partial charge on any atom is 0.258 e. The molecular formula is C15H15N3O2. The van der Waals surface area contributed by atoms with E-state index in [-0.39, 0.29) is 17.4 Å². The Labute approximate surface area is 115 Å². The molecule has 0 spiro atoms. The van der Waals surface area contributed by atoms with Crippen LogP contribution in [0.1, 0.15) is 18.2 Å². The molecule has 1 N–H and O–H groups in total. The molecule has 0 aliphatic carbocycles. The average molecular weight is 269 g/mol. The summed E-state index contributed by atoms with van der Waals surface area (Å²) in [6.45, 7) is 4.74. The van der Waals surface area contributed by atoms with Crippen LogP contribution in [0.15, 0.2) is 41.7 Å². The van der Waals surface area contributed by atoms with E-state index in [4.69, 9.17) is 0 Å². The molecule has 102 valence electrons. The van der Waals surface area contributed by atoms with Crippen LogP contribution < -0.4 is 5.56 Å². The first kappa shape index (κ1) is 12.6. The second-order valence-electron chi connectivity index (χ2n) is 4.94. The third-order valence-electron chi connectivity index (χ3n) is 3.69. The number of likely N-dealkylation sites (tertiary alicyclic amines) is 1. The predicted octanol–water partition coefficient (Wildman–Crippen LogP) is 1.42. The highest BCUT2D eigenvalue weighted by atomic mass is 16.2. The number of hydrogen-bond donors (Lipinski definition) is 1. The number of carbonyl (C=O) groups excluding carboxylic acids is 1. The van der Waals surface area contributed by atoms with Gasteiger partial charge in [0.15, 0.2) is 0 Å². The van der Waals surface area contributed by atoms with Crippen molar-refractivity contribution in [1.82, 2.24) is 14.9 Å². The summed E-state index contributed by atoms with van der Waals surface area (Å²) in [5.41, 5.74) is 0.568. The topological polar surface area (TPSA) is 66.1 Å². The molecule has 1 saturated heterocycles. The van der Waals surface area contributed by atoms with Crippen molar-refractivity contribution in [2.45, 2.75) is 12.3 Å². The van der Waals surface area contributed by atoms with Crippen molar-refractivity contribution in [3.63, 3.8) is 0 Å². The van der Waals surface area contributed by atoms with Gasteiger partial charge in [-0.05, 0) is 24.6 Å². The molecule has 1 aromatic carbocycles. The molecular weight excluding hydrogens is 254 g/mol. The van der Waals surface area contributed by atoms with Crippen molar-refractivity contribution in [2.24, 2.45) is 0 Å². The van der Waals surface area contributed by atoms with Crippen LogP contribution >= 0.6 is 0 Å². The number of nitrogens with zero attached hydrogens (tertiary/aromatic N) is 2. The second kappa shape index (κ2) is 4.92. The molecule has 1 fully saturated rings. The van der Waals surface area contributed by atoms with E-state index in [1.54, 1.807) is 11.0 Å². The van der Waals surface area contributed by atoms with Gasteiger partial charge in [-0.3, -0.25) is 9.59 Å². The summed E-state index contributed by atoms with van der Waals surface area (Å²) >= 11 is 0. The van der Waals surface area contributed by atoms with Gasteiger partial charge in [-0.25, -0.2) is 4.98 Å². The minimum Gasteiger partial charge on any atom is -0.338 e. The van der Waals surface area contributed by atoms with Gasteiger partial charge in [0, 0.05) is 19.0 Å². The summed E-state index contributed by atoms with van der Waals surface area (Å²) in [6, 6.07) is 7.27. The highest BCUT2D eigenvalue weighted by Crippen LogP contribution is 2.24. The van der Waals surface area contributed by atoms with Crippen LogP contribution in [-0.2, 0) is 4.79 Å². The lowest BCUT2D eigenvalue weighted by molar-refractivity contribution is -0.125. The normalized spacial score (nSPS) is 18.4. The maximum absolute atomic E-state index is 12.0. The lowest BCUT2D eigenvalue weighted by atomic mass is 10.1. The molecule has 20 heavy (non-hydrogen) atoms. The Hall–Kier alpha value is -2.43. The number of aromatic nitrogens is 2. The number of para-hydroxylation sites is 1. The molecule has 2 heterocycles. The number of H-pyrrole nitrogens is 1. The fourth-order valence-corrected chi connectivity index (χ4v) is 2.61. The Morgan fingerprint density at radius 3 is 3.05 bits per heavy atom. The van der Waals surface area contributed by atoms with Crippen LogP contribution in [0, 0.1) is 0 Å². The molecule has 1 aliphatic rings. The minimum absolute atomic E-state index is 0.0735. The van der Waals surface area contributed by atoms with Crippen molar-refractivity contribution in [1.29, 1.82) is 0 Å². The number of amides is 1. The molecule has 3 rings (SSSR count). The quantitative estimate of drug-likeness (QED) is 0.839. The molecule has 1 atom stereocenters. The average Bonchev–Trinajstić information content (AvgIpc) is 2.96. The molecule has 0 radical (unpaired) electrons. The molecule has 5 heteroatoms. The van der Waals surface area contributed by atoms with E-state index in [9.17, 15) is 9.59 Å². The lowest BCUT2D eigenvalue weighted by Crippen LogP contribution is -2.26. The van der Waals surface area contributed by atoms with Crippen LogP contribution in [0.5, 0.6) is 0 Å². The first-order valence-electron chi connectivity index (χ1n) is 6.59. The van der Waals surface area contributed by atoms with Gasteiger partial charge in [-0.1, -0.05) is 18.7 Å². The SMILES string of the molecule is C=CC(=O)N1CCC(c2nc3ccccc3c(=O)[nH]2)C1. The Morgan fingerprint density at radius 1 is 1.45 bits per heavy atom. The van der Waals surface area contributed by atoms with E-state index in [0.717, 1.165) is 6.42 Å². The van der Waals surface area contributed by atoms with Crippen molar-refractivity contribution in [3.8, 4) is 0 Å². The molecule has 0 bridgehead atoms. The van der Waals surface area contributed by atoms with Gasteiger partial charge in [0.05, 0.1) is 10.9 Å². The number of nitrogens with one attached hydrogen (secondary N) is 1. The summed E-state index contributed by atoms with van der Waals surface area (Å²) in [6.07, 6.45) is 2.12. The summed E-state index contributed by atoms with van der Waals surface area (Å²) in [7, 11) is 0. The third-order valence-corrected chi connectivity index (χ3v) is 3.69. The van der Waals surface area contributed by atoms with E-state index >= 15 is 0 Å². The van der Waals surface area contributed by atoms with Gasteiger partial charge in [0.2, 0.25) is 5.91 Å². The zero-order chi connectivity index (χ0) is 14.1. The van der Waals surface area contributed by atoms with Gasteiger partial charge in [0.1, 0.15) is 5.82 Å². The van der Waals surface area contributed by atoms with Crippen LogP contribution in [0.25, 0.3) is 10.9 Å².